The Balaban J connectivity index is 1.26. The van der Waals surface area contributed by atoms with Gasteiger partial charge in [-0.2, -0.15) is 0 Å². The van der Waals surface area contributed by atoms with Gasteiger partial charge in [-0.1, -0.05) is 18.6 Å². The Morgan fingerprint density at radius 3 is 2.38 bits per heavy atom. The van der Waals surface area contributed by atoms with Crippen LogP contribution in [0.4, 0.5) is 0 Å². The quantitative estimate of drug-likeness (QED) is 0.657. The molecule has 158 valence electrons. The van der Waals surface area contributed by atoms with Crippen molar-refractivity contribution in [1.29, 1.82) is 0 Å². The van der Waals surface area contributed by atoms with E-state index < -0.39 is 0 Å². The van der Waals surface area contributed by atoms with Gasteiger partial charge in [-0.3, -0.25) is 9.59 Å². The lowest BCUT2D eigenvalue weighted by atomic mass is 9.65. The van der Waals surface area contributed by atoms with E-state index in [1.165, 1.54) is 6.42 Å². The van der Waals surface area contributed by atoms with Crippen LogP contribution in [-0.2, 0) is 9.59 Å². The number of benzene rings is 1. The standard InChI is InChI=1S/C23H33N3O3/c1-14(25-23(28)18-11-16-3-2-4-17(12-18)22(16)24)15-5-9-20(10-6-15)29-13-21(27)26-19-7-8-19/h5-6,9-10,14,16-19,22H,2-4,7-8,11-13,24H2,1H3,(H,25,28)(H,26,27). The topological polar surface area (TPSA) is 93.5 Å². The van der Waals surface area contributed by atoms with Gasteiger partial charge in [0.05, 0.1) is 6.04 Å². The number of fused-ring (bicyclic) bond motifs is 2. The molecule has 3 aliphatic rings. The normalized spacial score (nSPS) is 29.6. The first-order valence-corrected chi connectivity index (χ1v) is 11.1. The lowest BCUT2D eigenvalue weighted by Crippen LogP contribution is -2.49. The summed E-state index contributed by atoms with van der Waals surface area (Å²) in [4.78, 5) is 24.6. The molecule has 3 atom stereocenters. The smallest absolute Gasteiger partial charge is 0.258 e. The van der Waals surface area contributed by atoms with Crippen LogP contribution in [0.1, 0.15) is 63.5 Å². The number of ether oxygens (including phenoxy) is 1. The van der Waals surface area contributed by atoms with Crippen molar-refractivity contribution in [2.75, 3.05) is 6.61 Å². The van der Waals surface area contributed by atoms with Crippen molar-refractivity contribution in [1.82, 2.24) is 10.6 Å². The van der Waals surface area contributed by atoms with Crippen LogP contribution in [-0.4, -0.2) is 30.5 Å². The Hall–Kier alpha value is -2.08. The van der Waals surface area contributed by atoms with E-state index in [0.717, 1.165) is 44.1 Å². The molecule has 2 bridgehead atoms. The van der Waals surface area contributed by atoms with E-state index in [2.05, 4.69) is 10.6 Å². The number of nitrogens with one attached hydrogen (secondary N) is 2. The zero-order chi connectivity index (χ0) is 20.4. The Morgan fingerprint density at radius 1 is 1.10 bits per heavy atom. The van der Waals surface area contributed by atoms with Crippen molar-refractivity contribution >= 4 is 11.8 Å². The molecule has 0 saturated heterocycles. The Bertz CT molecular complexity index is 717. The van der Waals surface area contributed by atoms with Gasteiger partial charge in [0.25, 0.3) is 5.91 Å². The zero-order valence-corrected chi connectivity index (χ0v) is 17.2. The maximum absolute atomic E-state index is 12.8. The highest BCUT2D eigenvalue weighted by molar-refractivity contribution is 5.79. The zero-order valence-electron chi connectivity index (χ0n) is 17.2. The van der Waals surface area contributed by atoms with Crippen LogP contribution in [0, 0.1) is 17.8 Å². The van der Waals surface area contributed by atoms with Gasteiger partial charge in [0.2, 0.25) is 5.91 Å². The van der Waals surface area contributed by atoms with Crippen molar-refractivity contribution in [2.45, 2.75) is 70.0 Å². The molecule has 6 nitrogen and oxygen atoms in total. The minimum Gasteiger partial charge on any atom is -0.484 e. The summed E-state index contributed by atoms with van der Waals surface area (Å²) in [5, 5.41) is 6.09. The van der Waals surface area contributed by atoms with Crippen LogP contribution in [0.25, 0.3) is 0 Å². The number of nitrogens with two attached hydrogens (primary N) is 1. The Labute approximate surface area is 172 Å². The molecule has 3 aliphatic carbocycles. The molecule has 3 saturated carbocycles. The van der Waals surface area contributed by atoms with Crippen LogP contribution in [0.2, 0.25) is 0 Å². The highest BCUT2D eigenvalue weighted by Crippen LogP contribution is 2.42. The molecule has 0 aromatic heterocycles. The van der Waals surface area contributed by atoms with Crippen molar-refractivity contribution in [3.8, 4) is 5.75 Å². The van der Waals surface area contributed by atoms with Gasteiger partial charge in [-0.05, 0) is 75.0 Å². The average molecular weight is 400 g/mol. The minimum atomic E-state index is -0.0748. The average Bonchev–Trinajstić information content (AvgIpc) is 3.50. The minimum absolute atomic E-state index is 0.0360. The molecule has 0 radical (unpaired) electrons. The molecule has 4 N–H and O–H groups in total. The number of hydrogen-bond acceptors (Lipinski definition) is 4. The molecule has 0 spiro atoms. The van der Waals surface area contributed by atoms with Crippen molar-refractivity contribution < 1.29 is 14.3 Å². The van der Waals surface area contributed by atoms with E-state index >= 15 is 0 Å². The summed E-state index contributed by atoms with van der Waals surface area (Å²) in [5.41, 5.74) is 7.38. The summed E-state index contributed by atoms with van der Waals surface area (Å²) in [6.07, 6.45) is 7.56. The molecule has 0 aliphatic heterocycles. The predicted octanol–water partition coefficient (Wildman–Crippen LogP) is 2.67. The van der Waals surface area contributed by atoms with Gasteiger partial charge in [-0.15, -0.1) is 0 Å². The second-order valence-corrected chi connectivity index (χ2v) is 9.13. The van der Waals surface area contributed by atoms with Gasteiger partial charge in [0.15, 0.2) is 6.61 Å². The number of carbonyl (C=O) groups is 2. The molecule has 1 aromatic carbocycles. The highest BCUT2D eigenvalue weighted by atomic mass is 16.5. The lowest BCUT2D eigenvalue weighted by Gasteiger charge is -2.43. The second kappa shape index (κ2) is 8.74. The van der Waals surface area contributed by atoms with E-state index in [0.29, 0.717) is 23.6 Å². The molecular weight excluding hydrogens is 366 g/mol. The maximum Gasteiger partial charge on any atom is 0.258 e. The summed E-state index contributed by atoms with van der Waals surface area (Å²) in [5.74, 6) is 1.82. The largest absolute Gasteiger partial charge is 0.484 e. The van der Waals surface area contributed by atoms with Crippen LogP contribution < -0.4 is 21.1 Å². The summed E-state index contributed by atoms with van der Waals surface area (Å²) >= 11 is 0. The molecule has 29 heavy (non-hydrogen) atoms. The van der Waals surface area contributed by atoms with E-state index in [1.807, 2.05) is 31.2 Å². The SMILES string of the molecule is CC(NC(=O)C1CC2CCCC(C1)C2N)c1ccc(OCC(=O)NC2CC2)cc1. The fraction of sp³-hybridized carbons (Fsp3) is 0.652. The van der Waals surface area contributed by atoms with Gasteiger partial charge in [0.1, 0.15) is 5.75 Å². The van der Waals surface area contributed by atoms with Crippen LogP contribution in [0.5, 0.6) is 5.75 Å². The molecule has 0 heterocycles. The highest BCUT2D eigenvalue weighted by Gasteiger charge is 2.40. The number of amides is 2. The molecule has 3 fully saturated rings. The van der Waals surface area contributed by atoms with E-state index in [4.69, 9.17) is 10.5 Å². The van der Waals surface area contributed by atoms with E-state index in [-0.39, 0.29) is 36.4 Å². The lowest BCUT2D eigenvalue weighted by molar-refractivity contribution is -0.128. The molecule has 6 heteroatoms. The van der Waals surface area contributed by atoms with Crippen molar-refractivity contribution in [2.24, 2.45) is 23.5 Å². The van der Waals surface area contributed by atoms with Crippen LogP contribution in [0.15, 0.2) is 24.3 Å². The molecule has 4 rings (SSSR count). The Kier molecular flexibility index (Phi) is 6.09. The van der Waals surface area contributed by atoms with Gasteiger partial charge >= 0.3 is 0 Å². The van der Waals surface area contributed by atoms with Gasteiger partial charge in [0, 0.05) is 18.0 Å². The fourth-order valence-corrected chi connectivity index (χ4v) is 4.92. The van der Waals surface area contributed by atoms with Crippen molar-refractivity contribution in [3.05, 3.63) is 29.8 Å². The third kappa shape index (κ3) is 5.10. The third-order valence-electron chi connectivity index (χ3n) is 6.84. The summed E-state index contributed by atoms with van der Waals surface area (Å²) < 4.78 is 5.55. The van der Waals surface area contributed by atoms with E-state index in [9.17, 15) is 9.59 Å². The van der Waals surface area contributed by atoms with Crippen LogP contribution in [0.3, 0.4) is 0 Å². The first-order chi connectivity index (χ1) is 14.0. The molecule has 2 amide bonds. The summed E-state index contributed by atoms with van der Waals surface area (Å²) in [6, 6.07) is 8.17. The molecular formula is C23H33N3O3. The van der Waals surface area contributed by atoms with Gasteiger partial charge in [-0.25, -0.2) is 0 Å². The van der Waals surface area contributed by atoms with E-state index in [1.54, 1.807) is 0 Å². The van der Waals surface area contributed by atoms with Crippen molar-refractivity contribution in [3.63, 3.8) is 0 Å². The first-order valence-electron chi connectivity index (χ1n) is 11.1. The number of hydrogen-bond donors (Lipinski definition) is 3. The summed E-state index contributed by atoms with van der Waals surface area (Å²) in [7, 11) is 0. The van der Waals surface area contributed by atoms with Gasteiger partial charge < -0.3 is 21.1 Å². The molecule has 1 aromatic rings. The maximum atomic E-state index is 12.8. The monoisotopic (exact) mass is 399 g/mol. The first kappa shape index (κ1) is 20.2. The number of rotatable bonds is 7. The Morgan fingerprint density at radius 2 is 1.76 bits per heavy atom. The van der Waals surface area contributed by atoms with Crippen LogP contribution >= 0.6 is 0 Å². The summed E-state index contributed by atoms with van der Waals surface area (Å²) in [6.45, 7) is 2.04. The molecule has 3 unspecified atom stereocenters. The number of carbonyl (C=O) groups excluding carboxylic acids is 2. The second-order valence-electron chi connectivity index (χ2n) is 9.13. The predicted molar refractivity (Wildman–Crippen MR) is 111 cm³/mol. The third-order valence-corrected chi connectivity index (χ3v) is 6.84. The fourth-order valence-electron chi connectivity index (χ4n) is 4.92.